The van der Waals surface area contributed by atoms with Crippen molar-refractivity contribution in [1.29, 1.82) is 0 Å². The molecule has 0 heterocycles. The lowest BCUT2D eigenvalue weighted by atomic mass is 9.67. The number of carbonyl (C=O) groups excluding carboxylic acids is 1. The zero-order valence-corrected chi connectivity index (χ0v) is 7.39. The van der Waals surface area contributed by atoms with E-state index in [1.165, 1.54) is 6.42 Å². The fourth-order valence-electron chi connectivity index (χ4n) is 1.92. The largest absolute Gasteiger partial charge is 0.303 e. The molecule has 1 rings (SSSR count). The van der Waals surface area contributed by atoms with Crippen LogP contribution in [0.4, 0.5) is 0 Å². The SMILES string of the molecule is C=C1CCCC(C)(C)[C@@H]1C=O. The van der Waals surface area contributed by atoms with Crippen LogP contribution >= 0.6 is 0 Å². The third kappa shape index (κ3) is 1.52. The predicted octanol–water partition coefficient (Wildman–Crippen LogP) is 2.57. The van der Waals surface area contributed by atoms with Gasteiger partial charge >= 0.3 is 0 Å². The molecule has 0 aromatic heterocycles. The molecule has 0 unspecified atom stereocenters. The monoisotopic (exact) mass is 152 g/mol. The minimum atomic E-state index is 0.0937. The van der Waals surface area contributed by atoms with Gasteiger partial charge in [-0.15, -0.1) is 0 Å². The van der Waals surface area contributed by atoms with Crippen molar-refractivity contribution in [3.8, 4) is 0 Å². The molecule has 0 radical (unpaired) electrons. The highest BCUT2D eigenvalue weighted by Crippen LogP contribution is 2.41. The average Bonchev–Trinajstić information content (AvgIpc) is 1.86. The van der Waals surface area contributed by atoms with Crippen molar-refractivity contribution in [2.75, 3.05) is 0 Å². The van der Waals surface area contributed by atoms with E-state index in [1.54, 1.807) is 0 Å². The molecule has 1 nitrogen and oxygen atoms in total. The molecule has 0 aliphatic heterocycles. The maximum atomic E-state index is 10.7. The van der Waals surface area contributed by atoms with Crippen molar-refractivity contribution >= 4 is 6.29 Å². The summed E-state index contributed by atoms with van der Waals surface area (Å²) in [5.41, 5.74) is 1.27. The average molecular weight is 152 g/mol. The first-order valence-corrected chi connectivity index (χ1v) is 4.21. The molecule has 11 heavy (non-hydrogen) atoms. The second-order valence-electron chi connectivity index (χ2n) is 4.11. The van der Waals surface area contributed by atoms with Gasteiger partial charge in [-0.3, -0.25) is 0 Å². The van der Waals surface area contributed by atoms with E-state index in [4.69, 9.17) is 0 Å². The van der Waals surface area contributed by atoms with Gasteiger partial charge in [-0.2, -0.15) is 0 Å². The van der Waals surface area contributed by atoms with Gasteiger partial charge in [0, 0.05) is 5.92 Å². The molecular weight excluding hydrogens is 136 g/mol. The second kappa shape index (κ2) is 2.80. The van der Waals surface area contributed by atoms with Crippen molar-refractivity contribution in [3.05, 3.63) is 12.2 Å². The maximum Gasteiger partial charge on any atom is 0.127 e. The lowest BCUT2D eigenvalue weighted by Gasteiger charge is -2.36. The quantitative estimate of drug-likeness (QED) is 0.417. The Hall–Kier alpha value is -0.590. The van der Waals surface area contributed by atoms with Crippen LogP contribution in [0.15, 0.2) is 12.2 Å². The van der Waals surface area contributed by atoms with Crippen molar-refractivity contribution < 1.29 is 4.79 Å². The van der Waals surface area contributed by atoms with Crippen molar-refractivity contribution in [2.45, 2.75) is 33.1 Å². The van der Waals surface area contributed by atoms with Crippen LogP contribution in [-0.4, -0.2) is 6.29 Å². The Kier molecular flexibility index (Phi) is 2.17. The zero-order valence-electron chi connectivity index (χ0n) is 7.39. The van der Waals surface area contributed by atoms with Gasteiger partial charge in [0.2, 0.25) is 0 Å². The molecule has 1 heteroatoms. The first-order valence-electron chi connectivity index (χ1n) is 4.21. The van der Waals surface area contributed by atoms with Gasteiger partial charge in [-0.25, -0.2) is 0 Å². The maximum absolute atomic E-state index is 10.7. The Morgan fingerprint density at radius 3 is 2.64 bits per heavy atom. The van der Waals surface area contributed by atoms with Crippen LogP contribution in [0, 0.1) is 11.3 Å². The molecule has 0 spiro atoms. The molecule has 1 atom stereocenters. The molecule has 1 aliphatic carbocycles. The highest BCUT2D eigenvalue weighted by Gasteiger charge is 2.33. The Labute approximate surface area is 68.5 Å². The smallest absolute Gasteiger partial charge is 0.127 e. The van der Waals surface area contributed by atoms with Gasteiger partial charge in [-0.05, 0) is 24.7 Å². The van der Waals surface area contributed by atoms with E-state index in [9.17, 15) is 4.79 Å². The molecule has 1 aliphatic rings. The summed E-state index contributed by atoms with van der Waals surface area (Å²) in [4.78, 5) is 10.7. The highest BCUT2D eigenvalue weighted by atomic mass is 16.1. The Morgan fingerprint density at radius 1 is 1.64 bits per heavy atom. The summed E-state index contributed by atoms with van der Waals surface area (Å²) in [7, 11) is 0. The Balaban J connectivity index is 2.80. The molecule has 0 N–H and O–H groups in total. The summed E-state index contributed by atoms with van der Waals surface area (Å²) in [6.07, 6.45) is 4.43. The van der Waals surface area contributed by atoms with E-state index in [1.807, 2.05) is 0 Å². The fourth-order valence-corrected chi connectivity index (χ4v) is 1.92. The van der Waals surface area contributed by atoms with Gasteiger partial charge in [0.25, 0.3) is 0 Å². The van der Waals surface area contributed by atoms with Crippen molar-refractivity contribution in [3.63, 3.8) is 0 Å². The van der Waals surface area contributed by atoms with Gasteiger partial charge in [-0.1, -0.05) is 26.0 Å². The van der Waals surface area contributed by atoms with Crippen molar-refractivity contribution in [1.82, 2.24) is 0 Å². The Morgan fingerprint density at radius 2 is 2.27 bits per heavy atom. The van der Waals surface area contributed by atoms with Crippen LogP contribution in [0.1, 0.15) is 33.1 Å². The molecule has 1 saturated carbocycles. The first-order chi connectivity index (χ1) is 5.08. The second-order valence-corrected chi connectivity index (χ2v) is 4.11. The summed E-state index contributed by atoms with van der Waals surface area (Å²) in [5.74, 6) is 0.0937. The van der Waals surface area contributed by atoms with Crippen molar-refractivity contribution in [2.24, 2.45) is 11.3 Å². The molecule has 0 aromatic carbocycles. The molecule has 0 amide bonds. The van der Waals surface area contributed by atoms with Crippen LogP contribution in [0.5, 0.6) is 0 Å². The number of aldehydes is 1. The number of hydrogen-bond donors (Lipinski definition) is 0. The van der Waals surface area contributed by atoms with Crippen LogP contribution in [0.2, 0.25) is 0 Å². The van der Waals surface area contributed by atoms with E-state index < -0.39 is 0 Å². The van der Waals surface area contributed by atoms with Crippen LogP contribution < -0.4 is 0 Å². The minimum absolute atomic E-state index is 0.0937. The lowest BCUT2D eigenvalue weighted by molar-refractivity contribution is -0.113. The van der Waals surface area contributed by atoms with E-state index in [-0.39, 0.29) is 11.3 Å². The van der Waals surface area contributed by atoms with Gasteiger partial charge in [0.15, 0.2) is 0 Å². The van der Waals surface area contributed by atoms with E-state index in [0.717, 1.165) is 24.7 Å². The van der Waals surface area contributed by atoms with Crippen LogP contribution in [0.25, 0.3) is 0 Å². The zero-order chi connectivity index (χ0) is 8.48. The minimum Gasteiger partial charge on any atom is -0.303 e. The third-order valence-electron chi connectivity index (χ3n) is 2.74. The number of hydrogen-bond acceptors (Lipinski definition) is 1. The van der Waals surface area contributed by atoms with Crippen LogP contribution in [-0.2, 0) is 4.79 Å². The summed E-state index contributed by atoms with van der Waals surface area (Å²) in [5, 5.41) is 0. The highest BCUT2D eigenvalue weighted by molar-refractivity contribution is 5.60. The summed E-state index contributed by atoms with van der Waals surface area (Å²) < 4.78 is 0. The van der Waals surface area contributed by atoms with E-state index in [2.05, 4.69) is 20.4 Å². The molecule has 1 fully saturated rings. The lowest BCUT2D eigenvalue weighted by Crippen LogP contribution is -2.30. The summed E-state index contributed by atoms with van der Waals surface area (Å²) >= 11 is 0. The normalized spacial score (nSPS) is 30.0. The number of rotatable bonds is 1. The molecule has 0 saturated heterocycles. The van der Waals surface area contributed by atoms with Crippen LogP contribution in [0.3, 0.4) is 0 Å². The van der Waals surface area contributed by atoms with E-state index in [0.29, 0.717) is 0 Å². The first kappa shape index (κ1) is 8.51. The summed E-state index contributed by atoms with van der Waals surface area (Å²) in [6.45, 7) is 8.23. The standard InChI is InChI=1S/C10H16O/c1-8-5-4-6-10(2,3)9(8)7-11/h7,9H,1,4-6H2,2-3H3/t9-/m1/s1. The van der Waals surface area contributed by atoms with Gasteiger partial charge in [0.05, 0.1) is 0 Å². The Bertz CT molecular complexity index is 179. The topological polar surface area (TPSA) is 17.1 Å². The molecular formula is C10H16O. The molecule has 62 valence electrons. The van der Waals surface area contributed by atoms with E-state index >= 15 is 0 Å². The summed E-state index contributed by atoms with van der Waals surface area (Å²) in [6, 6.07) is 0. The predicted molar refractivity (Wildman–Crippen MR) is 46.3 cm³/mol. The van der Waals surface area contributed by atoms with Gasteiger partial charge < -0.3 is 4.79 Å². The number of allylic oxidation sites excluding steroid dienone is 1. The number of carbonyl (C=O) groups is 1. The molecule has 0 aromatic rings. The third-order valence-corrected chi connectivity index (χ3v) is 2.74. The fraction of sp³-hybridized carbons (Fsp3) is 0.700. The molecule has 0 bridgehead atoms. The van der Waals surface area contributed by atoms with Gasteiger partial charge in [0.1, 0.15) is 6.29 Å².